The van der Waals surface area contributed by atoms with Crippen LogP contribution < -0.4 is 4.74 Å². The maximum atomic E-state index is 13.9. The van der Waals surface area contributed by atoms with Crippen molar-refractivity contribution in [2.24, 2.45) is 0 Å². The van der Waals surface area contributed by atoms with Gasteiger partial charge in [0.05, 0.1) is 18.5 Å². The summed E-state index contributed by atoms with van der Waals surface area (Å²) in [5.74, 6) is -0.700. The van der Waals surface area contributed by atoms with E-state index in [4.69, 9.17) is 4.74 Å². The van der Waals surface area contributed by atoms with Gasteiger partial charge in [0.15, 0.2) is 11.6 Å². The average Bonchev–Trinajstić information content (AvgIpc) is 2.96. The largest absolute Gasteiger partial charge is 0.494 e. The minimum absolute atomic E-state index is 0.116. The molecule has 3 aromatic rings. The summed E-state index contributed by atoms with van der Waals surface area (Å²) in [7, 11) is 3.09. The first-order valence-electron chi connectivity index (χ1n) is 8.62. The second kappa shape index (κ2) is 7.61. The van der Waals surface area contributed by atoms with Gasteiger partial charge in [-0.15, -0.1) is 0 Å². The van der Waals surface area contributed by atoms with E-state index in [1.807, 2.05) is 48.9 Å². The second-order valence-electron chi connectivity index (χ2n) is 6.41. The number of nitrogens with zero attached hydrogens (tertiary/aromatic N) is 3. The number of halogens is 1. The van der Waals surface area contributed by atoms with Crippen molar-refractivity contribution in [1.82, 2.24) is 14.7 Å². The minimum atomic E-state index is -0.555. The van der Waals surface area contributed by atoms with Crippen molar-refractivity contribution < 1.29 is 13.9 Å². The van der Waals surface area contributed by atoms with Crippen molar-refractivity contribution >= 4 is 5.91 Å². The zero-order chi connectivity index (χ0) is 19.6. The van der Waals surface area contributed by atoms with E-state index in [0.717, 1.165) is 22.6 Å². The fourth-order valence-electron chi connectivity index (χ4n) is 3.05. The zero-order valence-electron chi connectivity index (χ0n) is 15.9. The molecule has 3 rings (SSSR count). The van der Waals surface area contributed by atoms with Crippen LogP contribution >= 0.6 is 0 Å². The van der Waals surface area contributed by atoms with E-state index in [1.165, 1.54) is 19.2 Å². The zero-order valence-corrected chi connectivity index (χ0v) is 15.9. The molecular weight excluding hydrogens is 345 g/mol. The standard InChI is InChI=1S/C21H22FN3O2/c1-14-18(15(2)25(23-14)17-8-6-5-7-9-17)13-24(3)21(26)16-10-11-20(27-4)19(22)12-16/h5-12H,13H2,1-4H3. The molecule has 0 unspecified atom stereocenters. The van der Waals surface area contributed by atoms with Crippen LogP contribution in [0, 0.1) is 19.7 Å². The van der Waals surface area contributed by atoms with Gasteiger partial charge >= 0.3 is 0 Å². The lowest BCUT2D eigenvalue weighted by Crippen LogP contribution is -2.26. The number of benzene rings is 2. The average molecular weight is 367 g/mol. The Morgan fingerprint density at radius 2 is 1.89 bits per heavy atom. The smallest absolute Gasteiger partial charge is 0.254 e. The van der Waals surface area contributed by atoms with E-state index in [2.05, 4.69) is 5.10 Å². The topological polar surface area (TPSA) is 47.4 Å². The number of aromatic nitrogens is 2. The number of ether oxygens (including phenoxy) is 1. The van der Waals surface area contributed by atoms with Crippen molar-refractivity contribution in [3.05, 3.63) is 76.9 Å². The van der Waals surface area contributed by atoms with Crippen LogP contribution in [0.25, 0.3) is 5.69 Å². The molecule has 0 fully saturated rings. The van der Waals surface area contributed by atoms with Crippen molar-refractivity contribution in [2.75, 3.05) is 14.2 Å². The number of para-hydroxylation sites is 1. The third kappa shape index (κ3) is 3.69. The molecule has 5 nitrogen and oxygen atoms in total. The monoisotopic (exact) mass is 367 g/mol. The highest BCUT2D eigenvalue weighted by Gasteiger charge is 2.19. The van der Waals surface area contributed by atoms with Gasteiger partial charge in [-0.2, -0.15) is 5.10 Å². The number of rotatable bonds is 5. The molecule has 0 bridgehead atoms. The number of amides is 1. The van der Waals surface area contributed by atoms with Crippen LogP contribution in [-0.2, 0) is 6.54 Å². The van der Waals surface area contributed by atoms with Crippen LogP contribution in [0.5, 0.6) is 5.75 Å². The predicted molar refractivity (Wildman–Crippen MR) is 102 cm³/mol. The van der Waals surface area contributed by atoms with Crippen LogP contribution in [0.4, 0.5) is 4.39 Å². The molecular formula is C21H22FN3O2. The highest BCUT2D eigenvalue weighted by Crippen LogP contribution is 2.22. The first kappa shape index (κ1) is 18.6. The van der Waals surface area contributed by atoms with Crippen LogP contribution in [0.2, 0.25) is 0 Å². The summed E-state index contributed by atoms with van der Waals surface area (Å²) >= 11 is 0. The summed E-state index contributed by atoms with van der Waals surface area (Å²) in [4.78, 5) is 14.3. The van der Waals surface area contributed by atoms with Gasteiger partial charge in [-0.25, -0.2) is 9.07 Å². The summed E-state index contributed by atoms with van der Waals surface area (Å²) in [6, 6.07) is 14.1. The minimum Gasteiger partial charge on any atom is -0.494 e. The van der Waals surface area contributed by atoms with Gasteiger partial charge in [0.1, 0.15) is 0 Å². The van der Waals surface area contributed by atoms with Crippen molar-refractivity contribution in [3.8, 4) is 11.4 Å². The fourth-order valence-corrected chi connectivity index (χ4v) is 3.05. The van der Waals surface area contributed by atoms with Gasteiger partial charge in [-0.05, 0) is 44.2 Å². The quantitative estimate of drug-likeness (QED) is 0.687. The Bertz CT molecular complexity index is 967. The van der Waals surface area contributed by atoms with Crippen LogP contribution in [0.1, 0.15) is 27.3 Å². The molecule has 6 heteroatoms. The highest BCUT2D eigenvalue weighted by molar-refractivity contribution is 5.94. The molecule has 1 amide bonds. The molecule has 0 aliphatic carbocycles. The Kier molecular flexibility index (Phi) is 5.26. The Hall–Kier alpha value is -3.15. The SMILES string of the molecule is COc1ccc(C(=O)N(C)Cc2c(C)nn(-c3ccccc3)c2C)cc1F. The molecule has 2 aromatic carbocycles. The first-order valence-corrected chi connectivity index (χ1v) is 8.62. The summed E-state index contributed by atoms with van der Waals surface area (Å²) in [5.41, 5.74) is 4.05. The molecule has 0 saturated carbocycles. The van der Waals surface area contributed by atoms with Crippen LogP contribution in [-0.4, -0.2) is 34.7 Å². The van der Waals surface area contributed by atoms with Gasteiger partial charge in [-0.3, -0.25) is 4.79 Å². The Morgan fingerprint density at radius 3 is 2.52 bits per heavy atom. The van der Waals surface area contributed by atoms with Gasteiger partial charge in [0.2, 0.25) is 0 Å². The van der Waals surface area contributed by atoms with E-state index in [-0.39, 0.29) is 17.2 Å². The molecule has 0 aliphatic rings. The highest BCUT2D eigenvalue weighted by atomic mass is 19.1. The van der Waals surface area contributed by atoms with Crippen LogP contribution in [0.3, 0.4) is 0 Å². The number of hydrogen-bond donors (Lipinski definition) is 0. The van der Waals surface area contributed by atoms with E-state index in [1.54, 1.807) is 18.0 Å². The Morgan fingerprint density at radius 1 is 1.19 bits per heavy atom. The van der Waals surface area contributed by atoms with E-state index >= 15 is 0 Å². The van der Waals surface area contributed by atoms with E-state index in [9.17, 15) is 9.18 Å². The lowest BCUT2D eigenvalue weighted by molar-refractivity contribution is 0.0784. The molecule has 0 atom stereocenters. The maximum Gasteiger partial charge on any atom is 0.254 e. The van der Waals surface area contributed by atoms with Gasteiger partial charge in [0.25, 0.3) is 5.91 Å². The molecule has 27 heavy (non-hydrogen) atoms. The lowest BCUT2D eigenvalue weighted by atomic mass is 10.1. The molecule has 140 valence electrons. The molecule has 0 N–H and O–H groups in total. The maximum absolute atomic E-state index is 13.9. The molecule has 1 aromatic heterocycles. The second-order valence-corrected chi connectivity index (χ2v) is 6.41. The van der Waals surface area contributed by atoms with Crippen LogP contribution in [0.15, 0.2) is 48.5 Å². The van der Waals surface area contributed by atoms with Gasteiger partial charge in [-0.1, -0.05) is 18.2 Å². The molecule has 0 aliphatic heterocycles. The summed E-state index contributed by atoms with van der Waals surface area (Å²) in [6.45, 7) is 4.29. The lowest BCUT2D eigenvalue weighted by Gasteiger charge is -2.18. The summed E-state index contributed by atoms with van der Waals surface area (Å²) < 4.78 is 20.7. The van der Waals surface area contributed by atoms with E-state index in [0.29, 0.717) is 6.54 Å². The third-order valence-corrected chi connectivity index (χ3v) is 4.58. The van der Waals surface area contributed by atoms with Crippen molar-refractivity contribution in [1.29, 1.82) is 0 Å². The number of aryl methyl sites for hydroxylation is 1. The van der Waals surface area contributed by atoms with Crippen molar-refractivity contribution in [2.45, 2.75) is 20.4 Å². The van der Waals surface area contributed by atoms with Gasteiger partial charge in [0, 0.05) is 30.4 Å². The predicted octanol–water partition coefficient (Wildman–Crippen LogP) is 3.91. The number of hydrogen-bond acceptors (Lipinski definition) is 3. The first-order chi connectivity index (χ1) is 12.9. The molecule has 0 radical (unpaired) electrons. The summed E-state index contributed by atoms with van der Waals surface area (Å²) in [6.07, 6.45) is 0. The molecule has 0 spiro atoms. The molecule has 1 heterocycles. The summed E-state index contributed by atoms with van der Waals surface area (Å²) in [5, 5.41) is 4.60. The number of methoxy groups -OCH3 is 1. The van der Waals surface area contributed by atoms with Crippen molar-refractivity contribution in [3.63, 3.8) is 0 Å². The Balaban J connectivity index is 1.84. The third-order valence-electron chi connectivity index (χ3n) is 4.58. The van der Waals surface area contributed by atoms with Gasteiger partial charge < -0.3 is 9.64 Å². The normalized spacial score (nSPS) is 10.7. The fraction of sp³-hybridized carbons (Fsp3) is 0.238. The van der Waals surface area contributed by atoms with E-state index < -0.39 is 5.82 Å². The Labute approximate surface area is 158 Å². The number of carbonyl (C=O) groups excluding carboxylic acids is 1. The molecule has 0 saturated heterocycles. The number of carbonyl (C=O) groups is 1.